The van der Waals surface area contributed by atoms with E-state index < -0.39 is 0 Å². The van der Waals surface area contributed by atoms with E-state index in [2.05, 4.69) is 82.9 Å². The topological polar surface area (TPSA) is 3.24 Å². The van der Waals surface area contributed by atoms with E-state index in [-0.39, 0.29) is 10.8 Å². The Balaban J connectivity index is 2.05. The van der Waals surface area contributed by atoms with Crippen molar-refractivity contribution in [2.24, 2.45) is 5.41 Å². The number of nitrogens with zero attached hydrogens (tertiary/aromatic N) is 2. The number of benzene rings is 1. The first-order valence-electron chi connectivity index (χ1n) is 9.51. The van der Waals surface area contributed by atoms with E-state index in [0.29, 0.717) is 6.17 Å². The van der Waals surface area contributed by atoms with Crippen LogP contribution in [0.4, 0.5) is 5.69 Å². The average Bonchev–Trinajstić information content (AvgIpc) is 2.99. The molecule has 1 aromatic carbocycles. The summed E-state index contributed by atoms with van der Waals surface area (Å²) in [6, 6.07) is 9.27. The van der Waals surface area contributed by atoms with E-state index in [0.717, 1.165) is 11.2 Å². The molecule has 5 rings (SSSR count). The van der Waals surface area contributed by atoms with E-state index in [1.807, 2.05) is 0 Å². The molecule has 4 heterocycles. The van der Waals surface area contributed by atoms with Gasteiger partial charge in [-0.15, -0.1) is 0 Å². The van der Waals surface area contributed by atoms with Crippen molar-refractivity contribution in [1.82, 2.24) is 9.38 Å². The molecule has 4 atom stereocenters. The van der Waals surface area contributed by atoms with E-state index in [4.69, 9.17) is 0 Å². The highest BCUT2D eigenvalue weighted by molar-refractivity contribution is 5.67. The van der Waals surface area contributed by atoms with Crippen LogP contribution in [0.3, 0.4) is 0 Å². The lowest BCUT2D eigenvalue weighted by Crippen LogP contribution is -2.80. The van der Waals surface area contributed by atoms with Crippen molar-refractivity contribution in [1.29, 1.82) is 0 Å². The van der Waals surface area contributed by atoms with E-state index in [9.17, 15) is 0 Å². The maximum Gasteiger partial charge on any atom is 0.186 e. The number of para-hydroxylation sites is 1. The van der Waals surface area contributed by atoms with Crippen LogP contribution in [0, 0.1) is 5.41 Å². The van der Waals surface area contributed by atoms with Gasteiger partial charge in [0, 0.05) is 17.9 Å². The second kappa shape index (κ2) is 4.76. The minimum absolute atomic E-state index is 0.217. The highest BCUT2D eigenvalue weighted by Gasteiger charge is 2.75. The number of quaternary nitrogens is 1. The summed E-state index contributed by atoms with van der Waals surface area (Å²) in [4.78, 5) is 2.68. The lowest BCUT2D eigenvalue weighted by molar-refractivity contribution is -0.135. The van der Waals surface area contributed by atoms with Gasteiger partial charge in [-0.1, -0.05) is 52.0 Å². The second-order valence-electron chi connectivity index (χ2n) is 8.30. The molecule has 128 valence electrons. The van der Waals surface area contributed by atoms with Gasteiger partial charge < -0.3 is 0 Å². The summed E-state index contributed by atoms with van der Waals surface area (Å²) in [6.45, 7) is 15.4. The summed E-state index contributed by atoms with van der Waals surface area (Å²) in [7, 11) is 0. The van der Waals surface area contributed by atoms with E-state index in [1.54, 1.807) is 11.3 Å². The van der Waals surface area contributed by atoms with Crippen LogP contribution in [-0.4, -0.2) is 17.7 Å². The molecule has 4 aliphatic heterocycles. The monoisotopic (exact) mass is 323 g/mol. The number of hydrogen-bond donors (Lipinski definition) is 0. The fraction of sp³-hybridized carbons (Fsp3) is 0.545. The summed E-state index contributed by atoms with van der Waals surface area (Å²) in [6.07, 6.45) is 7.47. The Labute approximate surface area is 147 Å². The van der Waals surface area contributed by atoms with Gasteiger partial charge in [0.2, 0.25) is 0 Å². The quantitative estimate of drug-likeness (QED) is 0.663. The SMILES string of the molecule is CC=CC1=C(C)[N+]23CN1C2C(C)(CC)C(C)(CC)c1ccccc13. The molecule has 0 radical (unpaired) electrons. The average molecular weight is 324 g/mol. The normalized spacial score (nSPS) is 39.9. The second-order valence-corrected chi connectivity index (χ2v) is 8.30. The highest BCUT2D eigenvalue weighted by atomic mass is 15.7. The Morgan fingerprint density at radius 2 is 1.92 bits per heavy atom. The lowest BCUT2D eigenvalue weighted by Gasteiger charge is -2.66. The van der Waals surface area contributed by atoms with Gasteiger partial charge in [0.25, 0.3) is 0 Å². The first-order chi connectivity index (χ1) is 11.4. The molecule has 4 unspecified atom stereocenters. The molecule has 0 amide bonds. The fourth-order valence-electron chi connectivity index (χ4n) is 6.09. The fourth-order valence-corrected chi connectivity index (χ4v) is 6.09. The number of fused-ring (bicyclic) bond motifs is 1. The van der Waals surface area contributed by atoms with Crippen molar-refractivity contribution in [2.75, 3.05) is 6.67 Å². The lowest BCUT2D eigenvalue weighted by atomic mass is 9.53. The predicted molar refractivity (Wildman–Crippen MR) is 102 cm³/mol. The van der Waals surface area contributed by atoms with Crippen molar-refractivity contribution >= 4 is 5.69 Å². The summed E-state index contributed by atoms with van der Waals surface area (Å²) in [5.41, 5.74) is 6.59. The third kappa shape index (κ3) is 1.40. The molecule has 1 saturated heterocycles. The first-order valence-corrected chi connectivity index (χ1v) is 9.51. The maximum absolute atomic E-state index is 2.68. The molecule has 1 aromatic rings. The van der Waals surface area contributed by atoms with Gasteiger partial charge in [-0.05, 0) is 31.9 Å². The molecule has 0 aromatic heterocycles. The predicted octanol–water partition coefficient (Wildman–Crippen LogP) is 5.51. The van der Waals surface area contributed by atoms with Crippen LogP contribution in [0.15, 0.2) is 47.8 Å². The Kier molecular flexibility index (Phi) is 3.16. The van der Waals surface area contributed by atoms with E-state index in [1.165, 1.54) is 24.2 Å². The first kappa shape index (κ1) is 16.0. The molecule has 0 N–H and O–H groups in total. The number of rotatable bonds is 3. The molecule has 2 heteroatoms. The molecule has 4 aliphatic rings. The van der Waals surface area contributed by atoms with Gasteiger partial charge >= 0.3 is 0 Å². The van der Waals surface area contributed by atoms with Crippen LogP contribution in [0.1, 0.15) is 59.9 Å². The molecule has 1 fully saturated rings. The third-order valence-electron chi connectivity index (χ3n) is 7.89. The Hall–Kier alpha value is -1.54. The Morgan fingerprint density at radius 3 is 2.54 bits per heavy atom. The smallest absolute Gasteiger partial charge is 0.186 e. The Morgan fingerprint density at radius 1 is 1.21 bits per heavy atom. The van der Waals surface area contributed by atoms with Crippen LogP contribution >= 0.6 is 0 Å². The van der Waals surface area contributed by atoms with E-state index >= 15 is 0 Å². The Bertz CT molecular complexity index is 761. The molecular weight excluding hydrogens is 292 g/mol. The highest BCUT2D eigenvalue weighted by Crippen LogP contribution is 2.67. The molecule has 0 saturated carbocycles. The maximum atomic E-state index is 2.68. The van der Waals surface area contributed by atoms with Crippen LogP contribution < -0.4 is 4.48 Å². The molecule has 24 heavy (non-hydrogen) atoms. The molecule has 1 spiro atoms. The van der Waals surface area contributed by atoms with Crippen molar-refractivity contribution < 1.29 is 0 Å². The van der Waals surface area contributed by atoms with Gasteiger partial charge in [0.05, 0.1) is 5.41 Å². The summed E-state index contributed by atoms with van der Waals surface area (Å²) < 4.78 is 1.07. The summed E-state index contributed by atoms with van der Waals surface area (Å²) in [5.74, 6) is 0. The number of allylic oxidation sites excluding steroid dienone is 3. The minimum atomic E-state index is 0.217. The summed E-state index contributed by atoms with van der Waals surface area (Å²) >= 11 is 0. The van der Waals surface area contributed by atoms with Crippen molar-refractivity contribution in [3.63, 3.8) is 0 Å². The van der Waals surface area contributed by atoms with Gasteiger partial charge in [-0.25, -0.2) is 4.48 Å². The van der Waals surface area contributed by atoms with Crippen LogP contribution in [-0.2, 0) is 5.41 Å². The van der Waals surface area contributed by atoms with Gasteiger partial charge in [0.1, 0.15) is 17.1 Å². The molecular formula is C22H31N2+. The van der Waals surface area contributed by atoms with Crippen LogP contribution in [0.2, 0.25) is 0 Å². The molecule has 0 aliphatic carbocycles. The van der Waals surface area contributed by atoms with Crippen LogP contribution in [0.5, 0.6) is 0 Å². The minimum Gasteiger partial charge on any atom is -0.267 e. The zero-order valence-electron chi connectivity index (χ0n) is 16.1. The largest absolute Gasteiger partial charge is 0.267 e. The zero-order chi connectivity index (χ0) is 17.3. The van der Waals surface area contributed by atoms with Crippen molar-refractivity contribution in [2.45, 2.75) is 66.0 Å². The van der Waals surface area contributed by atoms with Crippen LogP contribution in [0.25, 0.3) is 0 Å². The third-order valence-corrected chi connectivity index (χ3v) is 7.89. The van der Waals surface area contributed by atoms with Gasteiger partial charge in [0.15, 0.2) is 12.8 Å². The van der Waals surface area contributed by atoms with Crippen molar-refractivity contribution in [3.05, 3.63) is 53.4 Å². The zero-order valence-corrected chi connectivity index (χ0v) is 16.1. The van der Waals surface area contributed by atoms with Crippen molar-refractivity contribution in [3.8, 4) is 0 Å². The van der Waals surface area contributed by atoms with Gasteiger partial charge in [-0.3, -0.25) is 4.90 Å². The molecule has 2 bridgehead atoms. The summed E-state index contributed by atoms with van der Waals surface area (Å²) in [5, 5.41) is 0. The standard InChI is InChI=1S/C22H31N2/c1-7-12-18-16(4)24-15-23(18)20(24)22(6,9-3)21(5,8-2)17-13-10-11-14-19(17)24/h7,10-14,20H,8-9,15H2,1-6H3/q+1. The number of hydrogen-bond acceptors (Lipinski definition) is 1. The van der Waals surface area contributed by atoms with Gasteiger partial charge in [-0.2, -0.15) is 0 Å². The molecule has 2 nitrogen and oxygen atoms in total.